The molecule has 0 fully saturated rings. The molecule has 0 spiro atoms. The van der Waals surface area contributed by atoms with Gasteiger partial charge < -0.3 is 10.1 Å². The normalized spacial score (nSPS) is 11.9. The van der Waals surface area contributed by atoms with Crippen LogP contribution < -0.4 is 10.1 Å². The highest BCUT2D eigenvalue weighted by Gasteiger charge is 2.24. The Labute approximate surface area is 191 Å². The second-order valence-electron chi connectivity index (χ2n) is 6.64. The van der Waals surface area contributed by atoms with E-state index in [-0.39, 0.29) is 0 Å². The number of amides is 1. The minimum atomic E-state index is -0.840. The maximum Gasteiger partial charge on any atom is 0.237 e. The molecule has 0 saturated heterocycles. The molecule has 0 bridgehead atoms. The highest BCUT2D eigenvalue weighted by atomic mass is 32.2. The molecular weight excluding hydrogens is 454 g/mol. The summed E-state index contributed by atoms with van der Waals surface area (Å²) in [6.07, 6.45) is 0. The molecule has 1 N–H and O–H groups in total. The summed E-state index contributed by atoms with van der Waals surface area (Å²) in [5, 5.41) is 12.6. The fourth-order valence-electron chi connectivity index (χ4n) is 3.00. The van der Waals surface area contributed by atoms with Crippen molar-refractivity contribution in [3.05, 3.63) is 71.6 Å². The van der Waals surface area contributed by atoms with Crippen LogP contribution in [0.25, 0.3) is 16.4 Å². The van der Waals surface area contributed by atoms with Gasteiger partial charge in [-0.1, -0.05) is 36.0 Å². The Morgan fingerprint density at radius 3 is 2.53 bits per heavy atom. The van der Waals surface area contributed by atoms with Crippen molar-refractivity contribution >= 4 is 34.7 Å². The van der Waals surface area contributed by atoms with Gasteiger partial charge in [0.25, 0.3) is 0 Å². The topological polar surface area (TPSA) is 69.0 Å². The second-order valence-corrected chi connectivity index (χ2v) is 8.89. The fraction of sp³-hybridized carbons (Fsp3) is 0.136. The Bertz CT molecular complexity index is 1220. The Morgan fingerprint density at radius 2 is 1.84 bits per heavy atom. The van der Waals surface area contributed by atoms with Gasteiger partial charge >= 0.3 is 0 Å². The minimum Gasteiger partial charge on any atom is -0.495 e. The van der Waals surface area contributed by atoms with E-state index in [1.165, 1.54) is 17.4 Å². The van der Waals surface area contributed by atoms with Crippen molar-refractivity contribution in [1.29, 1.82) is 0 Å². The molecule has 2 heterocycles. The summed E-state index contributed by atoms with van der Waals surface area (Å²) in [6.45, 7) is 1.63. The molecule has 0 aliphatic carbocycles. The molecule has 1 atom stereocenters. The molecule has 4 rings (SSSR count). The van der Waals surface area contributed by atoms with Crippen LogP contribution in [0.3, 0.4) is 0 Å². The first-order chi connectivity index (χ1) is 15.5. The first kappa shape index (κ1) is 22.0. The Morgan fingerprint density at radius 1 is 1.09 bits per heavy atom. The van der Waals surface area contributed by atoms with Crippen molar-refractivity contribution in [2.24, 2.45) is 0 Å². The van der Waals surface area contributed by atoms with Gasteiger partial charge in [-0.15, -0.1) is 21.5 Å². The summed E-state index contributed by atoms with van der Waals surface area (Å²) in [5.74, 6) is -1.04. The average molecular weight is 473 g/mol. The summed E-state index contributed by atoms with van der Waals surface area (Å²) in [6, 6.07) is 14.6. The molecule has 10 heteroatoms. The lowest BCUT2D eigenvalue weighted by Gasteiger charge is -2.16. The number of thioether (sulfide) groups is 1. The maximum atomic E-state index is 13.9. The number of rotatable bonds is 7. The number of benzene rings is 2. The summed E-state index contributed by atoms with van der Waals surface area (Å²) in [5.41, 5.74) is 0.231. The van der Waals surface area contributed by atoms with E-state index >= 15 is 0 Å². The van der Waals surface area contributed by atoms with Gasteiger partial charge in [0.15, 0.2) is 11.0 Å². The number of carbonyl (C=O) groups is 1. The number of hydrogen-bond acceptors (Lipinski definition) is 6. The number of carbonyl (C=O) groups excluding carboxylic acids is 1. The molecule has 0 radical (unpaired) electrons. The number of ether oxygens (including phenoxy) is 1. The van der Waals surface area contributed by atoms with Crippen molar-refractivity contribution in [2.75, 3.05) is 12.4 Å². The number of aromatic nitrogens is 3. The zero-order valence-corrected chi connectivity index (χ0v) is 18.7. The highest BCUT2D eigenvalue weighted by molar-refractivity contribution is 8.00. The second kappa shape index (κ2) is 9.49. The number of hydrogen-bond donors (Lipinski definition) is 1. The molecule has 0 saturated carbocycles. The van der Waals surface area contributed by atoms with Crippen molar-refractivity contribution in [1.82, 2.24) is 14.8 Å². The number of nitrogens with zero attached hydrogens (tertiary/aromatic N) is 3. The molecule has 1 unspecified atom stereocenters. The molecular formula is C22H18F2N4O2S2. The lowest BCUT2D eigenvalue weighted by atomic mass is 10.3. The summed E-state index contributed by atoms with van der Waals surface area (Å²) in [7, 11) is 1.57. The van der Waals surface area contributed by atoms with Gasteiger partial charge in [0, 0.05) is 0 Å². The van der Waals surface area contributed by atoms with Crippen molar-refractivity contribution in [3.63, 3.8) is 0 Å². The monoisotopic (exact) mass is 472 g/mol. The summed E-state index contributed by atoms with van der Waals surface area (Å²) < 4.78 is 35.2. The average Bonchev–Trinajstić information content (AvgIpc) is 3.46. The van der Waals surface area contributed by atoms with E-state index in [4.69, 9.17) is 4.74 Å². The molecule has 1 amide bonds. The zero-order valence-electron chi connectivity index (χ0n) is 17.1. The van der Waals surface area contributed by atoms with E-state index in [0.29, 0.717) is 22.4 Å². The van der Waals surface area contributed by atoms with Crippen LogP contribution in [0.15, 0.2) is 65.1 Å². The summed E-state index contributed by atoms with van der Waals surface area (Å²) in [4.78, 5) is 13.6. The highest BCUT2D eigenvalue weighted by Crippen LogP contribution is 2.35. The van der Waals surface area contributed by atoms with Crippen LogP contribution in [0.5, 0.6) is 5.75 Å². The molecule has 2 aromatic heterocycles. The number of anilines is 1. The predicted molar refractivity (Wildman–Crippen MR) is 122 cm³/mol. The standard InChI is InChI=1S/C22H18F2N4O2S2/c1-13(21(29)25-19-14(23)7-5-8-15(19)24)32-22-27-26-20(18-11-6-12-31-18)28(22)16-9-3-4-10-17(16)30-2/h3-13H,1-2H3,(H,25,29). The number of para-hydroxylation sites is 3. The van der Waals surface area contributed by atoms with Crippen molar-refractivity contribution in [3.8, 4) is 22.1 Å². The SMILES string of the molecule is COc1ccccc1-n1c(SC(C)C(=O)Nc2c(F)cccc2F)nnc1-c1cccs1. The smallest absolute Gasteiger partial charge is 0.237 e. The zero-order chi connectivity index (χ0) is 22.7. The Balaban J connectivity index is 1.67. The first-order valence-corrected chi connectivity index (χ1v) is 11.3. The van der Waals surface area contributed by atoms with E-state index in [1.807, 2.05) is 46.3 Å². The summed E-state index contributed by atoms with van der Waals surface area (Å²) >= 11 is 2.63. The molecule has 2 aromatic carbocycles. The van der Waals surface area contributed by atoms with Gasteiger partial charge in [-0.05, 0) is 42.6 Å². The van der Waals surface area contributed by atoms with Crippen LogP contribution in [-0.4, -0.2) is 33.0 Å². The van der Waals surface area contributed by atoms with E-state index in [9.17, 15) is 13.6 Å². The lowest BCUT2D eigenvalue weighted by Crippen LogP contribution is -2.24. The predicted octanol–water partition coefficient (Wildman–Crippen LogP) is 5.40. The van der Waals surface area contributed by atoms with Crippen LogP contribution >= 0.6 is 23.1 Å². The Hall–Kier alpha value is -3.24. The number of methoxy groups -OCH3 is 1. The van der Waals surface area contributed by atoms with Gasteiger partial charge in [-0.2, -0.15) is 0 Å². The van der Waals surface area contributed by atoms with Gasteiger partial charge in [-0.3, -0.25) is 9.36 Å². The molecule has 32 heavy (non-hydrogen) atoms. The third-order valence-electron chi connectivity index (χ3n) is 4.56. The van der Waals surface area contributed by atoms with Gasteiger partial charge in [0.2, 0.25) is 5.91 Å². The van der Waals surface area contributed by atoms with E-state index in [2.05, 4.69) is 15.5 Å². The van der Waals surface area contributed by atoms with Gasteiger partial charge in [0.05, 0.1) is 22.9 Å². The number of halogens is 2. The number of thiophene rings is 1. The molecule has 4 aromatic rings. The van der Waals surface area contributed by atoms with Crippen LogP contribution in [0.1, 0.15) is 6.92 Å². The van der Waals surface area contributed by atoms with Crippen LogP contribution in [0.4, 0.5) is 14.5 Å². The van der Waals surface area contributed by atoms with Crippen LogP contribution in [0, 0.1) is 11.6 Å². The van der Waals surface area contributed by atoms with Gasteiger partial charge in [0.1, 0.15) is 23.1 Å². The molecule has 0 aliphatic heterocycles. The molecule has 0 aliphatic rings. The quantitative estimate of drug-likeness (QED) is 0.365. The minimum absolute atomic E-state index is 0.439. The molecule has 6 nitrogen and oxygen atoms in total. The third-order valence-corrected chi connectivity index (χ3v) is 6.47. The maximum absolute atomic E-state index is 13.9. The van der Waals surface area contributed by atoms with Crippen molar-refractivity contribution in [2.45, 2.75) is 17.3 Å². The lowest BCUT2D eigenvalue weighted by molar-refractivity contribution is -0.115. The largest absolute Gasteiger partial charge is 0.495 e. The van der Waals surface area contributed by atoms with Crippen molar-refractivity contribution < 1.29 is 18.3 Å². The van der Waals surface area contributed by atoms with Gasteiger partial charge in [-0.25, -0.2) is 8.78 Å². The molecule has 164 valence electrons. The van der Waals surface area contributed by atoms with E-state index < -0.39 is 28.5 Å². The van der Waals surface area contributed by atoms with Crippen LogP contribution in [0.2, 0.25) is 0 Å². The van der Waals surface area contributed by atoms with E-state index in [0.717, 1.165) is 28.8 Å². The van der Waals surface area contributed by atoms with E-state index in [1.54, 1.807) is 14.0 Å². The fourth-order valence-corrected chi connectivity index (χ4v) is 4.56. The first-order valence-electron chi connectivity index (χ1n) is 9.53. The number of nitrogens with one attached hydrogen (secondary N) is 1. The third kappa shape index (κ3) is 4.37. The Kier molecular flexibility index (Phi) is 6.52. The van der Waals surface area contributed by atoms with Crippen LogP contribution in [-0.2, 0) is 4.79 Å².